The second-order valence-electron chi connectivity index (χ2n) is 4.94. The highest BCUT2D eigenvalue weighted by Crippen LogP contribution is 2.13. The number of rotatable bonds is 4. The summed E-state index contributed by atoms with van der Waals surface area (Å²) in [4.78, 5) is 0. The van der Waals surface area contributed by atoms with Crippen LogP contribution < -0.4 is 5.73 Å². The number of nitrogens with zero attached hydrogens (tertiary/aromatic N) is 1. The lowest BCUT2D eigenvalue weighted by Gasteiger charge is -2.07. The van der Waals surface area contributed by atoms with Crippen molar-refractivity contribution in [1.29, 1.82) is 0 Å². The molecule has 0 bridgehead atoms. The van der Waals surface area contributed by atoms with Crippen molar-refractivity contribution in [3.63, 3.8) is 0 Å². The molecule has 0 aliphatic carbocycles. The number of aryl methyl sites for hydroxylation is 1. The Kier molecular flexibility index (Phi) is 3.82. The molecule has 0 saturated carbocycles. The summed E-state index contributed by atoms with van der Waals surface area (Å²) in [6.07, 6.45) is 4.96. The van der Waals surface area contributed by atoms with Gasteiger partial charge in [0.15, 0.2) is 0 Å². The van der Waals surface area contributed by atoms with Gasteiger partial charge in [0.25, 0.3) is 0 Å². The minimum Gasteiger partial charge on any atom is -0.350 e. The van der Waals surface area contributed by atoms with Crippen molar-refractivity contribution in [2.75, 3.05) is 0 Å². The quantitative estimate of drug-likeness (QED) is 0.883. The summed E-state index contributed by atoms with van der Waals surface area (Å²) < 4.78 is 15.3. The van der Waals surface area contributed by atoms with Crippen LogP contribution in [0.5, 0.6) is 0 Å². The van der Waals surface area contributed by atoms with Crippen molar-refractivity contribution in [3.8, 4) is 0 Å². The Morgan fingerprint density at radius 2 is 2.11 bits per heavy atom. The molecule has 1 unspecified atom stereocenters. The van der Waals surface area contributed by atoms with Gasteiger partial charge in [0.1, 0.15) is 5.82 Å². The average Bonchev–Trinajstić information content (AvgIpc) is 2.70. The molecular weight excluding hydrogens is 227 g/mol. The van der Waals surface area contributed by atoms with Crippen molar-refractivity contribution in [2.24, 2.45) is 5.73 Å². The first-order valence-corrected chi connectivity index (χ1v) is 6.20. The third kappa shape index (κ3) is 3.20. The smallest absolute Gasteiger partial charge is 0.123 e. The average molecular weight is 246 g/mol. The summed E-state index contributed by atoms with van der Waals surface area (Å²) in [5.41, 5.74) is 9.11. The Morgan fingerprint density at radius 1 is 1.33 bits per heavy atom. The van der Waals surface area contributed by atoms with E-state index in [0.717, 1.165) is 17.5 Å². The normalized spacial score (nSPS) is 12.7. The minimum atomic E-state index is -0.182. The van der Waals surface area contributed by atoms with Crippen LogP contribution in [0.1, 0.15) is 23.6 Å². The second-order valence-corrected chi connectivity index (χ2v) is 4.94. The van der Waals surface area contributed by atoms with Crippen LogP contribution in [0.4, 0.5) is 4.39 Å². The van der Waals surface area contributed by atoms with Crippen LogP contribution in [0.25, 0.3) is 0 Å². The van der Waals surface area contributed by atoms with E-state index in [-0.39, 0.29) is 11.9 Å². The monoisotopic (exact) mass is 246 g/mol. The fourth-order valence-corrected chi connectivity index (χ4v) is 2.09. The molecule has 2 rings (SSSR count). The number of nitrogens with two attached hydrogens (primary N) is 1. The molecule has 1 aromatic carbocycles. The van der Waals surface area contributed by atoms with E-state index in [2.05, 4.69) is 16.8 Å². The number of halogens is 1. The van der Waals surface area contributed by atoms with Gasteiger partial charge in [-0.25, -0.2) is 4.39 Å². The van der Waals surface area contributed by atoms with Crippen LogP contribution in [0, 0.1) is 12.7 Å². The standard InChI is InChI=1S/C15H19FN2/c1-11-3-4-15(16)8-14(11)10-18-6-5-13(9-18)7-12(2)17/h3-6,8-9,12H,7,10,17H2,1-2H3. The molecule has 3 heteroatoms. The summed E-state index contributed by atoms with van der Waals surface area (Å²) in [5.74, 6) is -0.182. The van der Waals surface area contributed by atoms with Crippen LogP contribution in [-0.4, -0.2) is 10.6 Å². The third-order valence-corrected chi connectivity index (χ3v) is 3.03. The van der Waals surface area contributed by atoms with Gasteiger partial charge in [-0.1, -0.05) is 6.07 Å². The van der Waals surface area contributed by atoms with E-state index < -0.39 is 0 Å². The molecule has 2 nitrogen and oxygen atoms in total. The molecule has 0 spiro atoms. The second kappa shape index (κ2) is 5.36. The number of hydrogen-bond acceptors (Lipinski definition) is 1. The zero-order valence-electron chi connectivity index (χ0n) is 10.9. The van der Waals surface area contributed by atoms with Crippen LogP contribution in [0.2, 0.25) is 0 Å². The van der Waals surface area contributed by atoms with Crippen LogP contribution in [-0.2, 0) is 13.0 Å². The first-order valence-electron chi connectivity index (χ1n) is 6.20. The summed E-state index contributed by atoms with van der Waals surface area (Å²) in [6.45, 7) is 4.69. The van der Waals surface area contributed by atoms with Crippen molar-refractivity contribution in [3.05, 3.63) is 59.2 Å². The lowest BCUT2D eigenvalue weighted by molar-refractivity contribution is 0.622. The van der Waals surface area contributed by atoms with Gasteiger partial charge in [0, 0.05) is 25.0 Å². The highest BCUT2D eigenvalue weighted by Gasteiger charge is 2.04. The predicted molar refractivity (Wildman–Crippen MR) is 72.0 cm³/mol. The fourth-order valence-electron chi connectivity index (χ4n) is 2.09. The van der Waals surface area contributed by atoms with E-state index >= 15 is 0 Å². The molecule has 0 amide bonds. The molecule has 0 aliphatic rings. The molecule has 1 heterocycles. The highest BCUT2D eigenvalue weighted by molar-refractivity contribution is 5.27. The van der Waals surface area contributed by atoms with Gasteiger partial charge in [-0.3, -0.25) is 0 Å². The number of aromatic nitrogens is 1. The van der Waals surface area contributed by atoms with Crippen LogP contribution in [0.3, 0.4) is 0 Å². The van der Waals surface area contributed by atoms with Gasteiger partial charge in [-0.05, 0) is 55.2 Å². The van der Waals surface area contributed by atoms with Crippen LogP contribution in [0.15, 0.2) is 36.7 Å². The molecule has 2 N–H and O–H groups in total. The van der Waals surface area contributed by atoms with Crippen molar-refractivity contribution in [2.45, 2.75) is 32.9 Å². The molecule has 0 radical (unpaired) electrons. The van der Waals surface area contributed by atoms with Gasteiger partial charge >= 0.3 is 0 Å². The zero-order valence-corrected chi connectivity index (χ0v) is 10.9. The van der Waals surface area contributed by atoms with Gasteiger partial charge < -0.3 is 10.3 Å². The van der Waals surface area contributed by atoms with E-state index in [0.29, 0.717) is 6.54 Å². The van der Waals surface area contributed by atoms with E-state index in [4.69, 9.17) is 5.73 Å². The SMILES string of the molecule is Cc1ccc(F)cc1Cn1ccc(CC(C)N)c1. The maximum Gasteiger partial charge on any atom is 0.123 e. The molecule has 96 valence electrons. The van der Waals surface area contributed by atoms with Gasteiger partial charge in [-0.15, -0.1) is 0 Å². The summed E-state index contributed by atoms with van der Waals surface area (Å²) in [6, 6.07) is 7.14. The van der Waals surface area contributed by atoms with E-state index in [1.54, 1.807) is 6.07 Å². The first-order chi connectivity index (χ1) is 8.54. The van der Waals surface area contributed by atoms with E-state index in [9.17, 15) is 4.39 Å². The Morgan fingerprint density at radius 3 is 2.83 bits per heavy atom. The lowest BCUT2D eigenvalue weighted by atomic mass is 10.1. The lowest BCUT2D eigenvalue weighted by Crippen LogP contribution is -2.17. The highest BCUT2D eigenvalue weighted by atomic mass is 19.1. The molecular formula is C15H19FN2. The topological polar surface area (TPSA) is 30.9 Å². The summed E-state index contributed by atoms with van der Waals surface area (Å²) >= 11 is 0. The first kappa shape index (κ1) is 12.8. The summed E-state index contributed by atoms with van der Waals surface area (Å²) in [5, 5.41) is 0. The van der Waals surface area contributed by atoms with Crippen molar-refractivity contribution in [1.82, 2.24) is 4.57 Å². The largest absolute Gasteiger partial charge is 0.350 e. The molecule has 0 fully saturated rings. The zero-order chi connectivity index (χ0) is 13.1. The molecule has 0 aliphatic heterocycles. The van der Waals surface area contributed by atoms with E-state index in [1.165, 1.54) is 11.6 Å². The number of benzene rings is 1. The molecule has 2 aromatic rings. The maximum atomic E-state index is 13.2. The van der Waals surface area contributed by atoms with Crippen LogP contribution >= 0.6 is 0 Å². The van der Waals surface area contributed by atoms with Gasteiger partial charge in [-0.2, -0.15) is 0 Å². The van der Waals surface area contributed by atoms with Crippen molar-refractivity contribution < 1.29 is 4.39 Å². The molecule has 1 aromatic heterocycles. The molecule has 18 heavy (non-hydrogen) atoms. The van der Waals surface area contributed by atoms with E-state index in [1.807, 2.05) is 26.1 Å². The Balaban J connectivity index is 2.13. The molecule has 1 atom stereocenters. The van der Waals surface area contributed by atoms with Gasteiger partial charge in [0.05, 0.1) is 0 Å². The fraction of sp³-hybridized carbons (Fsp3) is 0.333. The van der Waals surface area contributed by atoms with Crippen molar-refractivity contribution >= 4 is 0 Å². The minimum absolute atomic E-state index is 0.164. The molecule has 0 saturated heterocycles. The Bertz CT molecular complexity index is 529. The maximum absolute atomic E-state index is 13.2. The third-order valence-electron chi connectivity index (χ3n) is 3.03. The Hall–Kier alpha value is -1.61. The summed E-state index contributed by atoms with van der Waals surface area (Å²) in [7, 11) is 0. The number of hydrogen-bond donors (Lipinski definition) is 1. The van der Waals surface area contributed by atoms with Gasteiger partial charge in [0.2, 0.25) is 0 Å². The Labute approximate surface area is 107 Å². The predicted octanol–water partition coefficient (Wildman–Crippen LogP) is 2.87.